The summed E-state index contributed by atoms with van der Waals surface area (Å²) >= 11 is 1.63. The Kier molecular flexibility index (Phi) is 6.86. The highest BCUT2D eigenvalue weighted by molar-refractivity contribution is 7.92. The average Bonchev–Trinajstić information content (AvgIpc) is 3.24. The Balaban J connectivity index is 1.65. The maximum absolute atomic E-state index is 13.0. The minimum absolute atomic E-state index is 0.00753. The summed E-state index contributed by atoms with van der Waals surface area (Å²) < 4.78 is 40.3. The van der Waals surface area contributed by atoms with E-state index in [9.17, 15) is 17.6 Å². The maximum atomic E-state index is 13.0. The highest BCUT2D eigenvalue weighted by atomic mass is 32.2. The van der Waals surface area contributed by atoms with Crippen molar-refractivity contribution in [2.24, 2.45) is 0 Å². The normalized spacial score (nSPS) is 12.5. The summed E-state index contributed by atoms with van der Waals surface area (Å²) in [4.78, 5) is 15.7. The molecule has 1 unspecified atom stereocenters. The molecular weight excluding hydrogens is 425 g/mol. The van der Waals surface area contributed by atoms with Gasteiger partial charge in [-0.05, 0) is 74.1 Å². The van der Waals surface area contributed by atoms with E-state index in [-0.39, 0.29) is 22.5 Å². The van der Waals surface area contributed by atoms with Gasteiger partial charge in [0.05, 0.1) is 10.9 Å². The number of carbonyl (C=O) groups excluding carboxylic acids is 1. The molecule has 1 aromatic heterocycles. The topological polar surface area (TPSA) is 78.5 Å². The molecule has 30 heavy (non-hydrogen) atoms. The first-order valence-corrected chi connectivity index (χ1v) is 11.5. The number of thiophene rings is 1. The number of hydrogen-bond acceptors (Lipinski definition) is 5. The Morgan fingerprint density at radius 2 is 1.73 bits per heavy atom. The molecule has 6 nitrogen and oxygen atoms in total. The maximum Gasteiger partial charge on any atom is 0.261 e. The van der Waals surface area contributed by atoms with E-state index >= 15 is 0 Å². The smallest absolute Gasteiger partial charge is 0.261 e. The second-order valence-corrected chi connectivity index (χ2v) is 9.50. The average molecular weight is 448 g/mol. The van der Waals surface area contributed by atoms with E-state index < -0.39 is 15.8 Å². The van der Waals surface area contributed by atoms with Gasteiger partial charge >= 0.3 is 0 Å². The van der Waals surface area contributed by atoms with Crippen molar-refractivity contribution < 1.29 is 17.6 Å². The molecule has 0 radical (unpaired) electrons. The van der Waals surface area contributed by atoms with Crippen LogP contribution in [0.25, 0.3) is 0 Å². The number of hydrogen-bond donors (Lipinski definition) is 2. The summed E-state index contributed by atoms with van der Waals surface area (Å²) in [6.45, 7) is 0.429. The molecule has 0 bridgehead atoms. The zero-order chi connectivity index (χ0) is 21.7. The zero-order valence-electron chi connectivity index (χ0n) is 16.5. The van der Waals surface area contributed by atoms with Gasteiger partial charge < -0.3 is 10.2 Å². The number of likely N-dealkylation sites (N-methyl/N-ethyl adjacent to an activating group) is 1. The third kappa shape index (κ3) is 5.44. The van der Waals surface area contributed by atoms with Crippen molar-refractivity contribution in [1.29, 1.82) is 0 Å². The summed E-state index contributed by atoms with van der Waals surface area (Å²) in [6, 6.07) is 14.7. The van der Waals surface area contributed by atoms with Gasteiger partial charge in [-0.1, -0.05) is 6.07 Å². The van der Waals surface area contributed by atoms with Crippen molar-refractivity contribution in [3.05, 3.63) is 82.3 Å². The molecule has 0 aliphatic carbocycles. The lowest BCUT2D eigenvalue weighted by atomic mass is 10.2. The molecule has 0 saturated heterocycles. The van der Waals surface area contributed by atoms with Crippen LogP contribution in [0, 0.1) is 5.82 Å². The number of amides is 1. The van der Waals surface area contributed by atoms with Crippen molar-refractivity contribution in [2.45, 2.75) is 10.9 Å². The molecule has 9 heteroatoms. The summed E-state index contributed by atoms with van der Waals surface area (Å²) in [5.74, 6) is -0.738. The van der Waals surface area contributed by atoms with Crippen LogP contribution in [0.15, 0.2) is 70.9 Å². The lowest BCUT2D eigenvalue weighted by molar-refractivity contribution is 0.0942. The van der Waals surface area contributed by atoms with Crippen LogP contribution in [0.4, 0.5) is 10.1 Å². The molecule has 0 spiro atoms. The SMILES string of the molecule is CN(C)C(CNC(=O)c1ccc(S(=O)(=O)Nc2ccc(F)cc2)cc1)c1cccs1. The first kappa shape index (κ1) is 21.9. The number of benzene rings is 2. The fourth-order valence-electron chi connectivity index (χ4n) is 2.83. The number of anilines is 1. The lowest BCUT2D eigenvalue weighted by Gasteiger charge is -2.23. The molecule has 1 amide bonds. The molecule has 1 atom stereocenters. The summed E-state index contributed by atoms with van der Waals surface area (Å²) in [7, 11) is 0.0528. The van der Waals surface area contributed by atoms with E-state index in [0.717, 1.165) is 4.88 Å². The van der Waals surface area contributed by atoms with Crippen molar-refractivity contribution in [2.75, 3.05) is 25.4 Å². The van der Waals surface area contributed by atoms with Gasteiger partial charge in [0.25, 0.3) is 15.9 Å². The Morgan fingerprint density at radius 3 is 2.30 bits per heavy atom. The molecular formula is C21H22FN3O3S2. The van der Waals surface area contributed by atoms with Gasteiger partial charge in [-0.2, -0.15) is 0 Å². The first-order chi connectivity index (χ1) is 14.3. The quantitative estimate of drug-likeness (QED) is 0.552. The molecule has 0 aliphatic rings. The minimum atomic E-state index is -3.84. The van der Waals surface area contributed by atoms with Crippen LogP contribution in [0.5, 0.6) is 0 Å². The van der Waals surface area contributed by atoms with Gasteiger partial charge in [0.1, 0.15) is 5.82 Å². The van der Waals surface area contributed by atoms with Gasteiger partial charge in [0, 0.05) is 22.7 Å². The van der Waals surface area contributed by atoms with Crippen LogP contribution in [0.1, 0.15) is 21.3 Å². The predicted octanol–water partition coefficient (Wildman–Crippen LogP) is 3.72. The fraction of sp³-hybridized carbons (Fsp3) is 0.190. The lowest BCUT2D eigenvalue weighted by Crippen LogP contribution is -2.34. The highest BCUT2D eigenvalue weighted by Gasteiger charge is 2.18. The van der Waals surface area contributed by atoms with Gasteiger partial charge in [-0.15, -0.1) is 11.3 Å². The molecule has 0 aliphatic heterocycles. The Labute approximate surface area is 179 Å². The number of halogens is 1. The van der Waals surface area contributed by atoms with Crippen LogP contribution in [-0.2, 0) is 10.0 Å². The highest BCUT2D eigenvalue weighted by Crippen LogP contribution is 2.22. The van der Waals surface area contributed by atoms with Crippen LogP contribution in [-0.4, -0.2) is 39.9 Å². The van der Waals surface area contributed by atoms with Crippen LogP contribution < -0.4 is 10.0 Å². The number of carbonyl (C=O) groups is 1. The van der Waals surface area contributed by atoms with E-state index in [1.54, 1.807) is 11.3 Å². The number of nitrogens with zero attached hydrogens (tertiary/aromatic N) is 1. The minimum Gasteiger partial charge on any atom is -0.350 e. The summed E-state index contributed by atoms with van der Waals surface area (Å²) in [6.07, 6.45) is 0. The number of nitrogens with one attached hydrogen (secondary N) is 2. The van der Waals surface area contributed by atoms with E-state index in [4.69, 9.17) is 0 Å². The standard InChI is InChI=1S/C21H22FN3O3S2/c1-25(2)19(20-4-3-13-29-20)14-23-21(26)15-5-11-18(12-6-15)30(27,28)24-17-9-7-16(22)8-10-17/h3-13,19,24H,14H2,1-2H3,(H,23,26). The van der Waals surface area contributed by atoms with Gasteiger partial charge in [0.2, 0.25) is 0 Å². The monoisotopic (exact) mass is 447 g/mol. The summed E-state index contributed by atoms with van der Waals surface area (Å²) in [5.41, 5.74) is 0.612. The van der Waals surface area contributed by atoms with Gasteiger partial charge in [0.15, 0.2) is 0 Å². The second kappa shape index (κ2) is 9.38. The Morgan fingerprint density at radius 1 is 1.07 bits per heavy atom. The van der Waals surface area contributed by atoms with Crippen molar-refractivity contribution in [3.63, 3.8) is 0 Å². The van der Waals surface area contributed by atoms with E-state index in [1.165, 1.54) is 48.5 Å². The molecule has 2 aromatic carbocycles. The zero-order valence-corrected chi connectivity index (χ0v) is 18.1. The molecule has 3 aromatic rings. The van der Waals surface area contributed by atoms with Crippen molar-refractivity contribution in [1.82, 2.24) is 10.2 Å². The fourth-order valence-corrected chi connectivity index (χ4v) is 4.81. The number of sulfonamides is 1. The molecule has 1 heterocycles. The molecule has 158 valence electrons. The van der Waals surface area contributed by atoms with Gasteiger partial charge in [-0.25, -0.2) is 12.8 Å². The second-order valence-electron chi connectivity index (χ2n) is 6.84. The van der Waals surface area contributed by atoms with Crippen molar-refractivity contribution >= 4 is 33.0 Å². The predicted molar refractivity (Wildman–Crippen MR) is 117 cm³/mol. The van der Waals surface area contributed by atoms with E-state index in [2.05, 4.69) is 10.0 Å². The first-order valence-electron chi connectivity index (χ1n) is 9.13. The molecule has 3 rings (SSSR count). The van der Waals surface area contributed by atoms with E-state index in [0.29, 0.717) is 12.1 Å². The third-order valence-corrected chi connectivity index (χ3v) is 6.84. The van der Waals surface area contributed by atoms with Crippen molar-refractivity contribution in [3.8, 4) is 0 Å². The van der Waals surface area contributed by atoms with Crippen LogP contribution in [0.3, 0.4) is 0 Å². The Hall–Kier alpha value is -2.75. The van der Waals surface area contributed by atoms with Crippen LogP contribution >= 0.6 is 11.3 Å². The molecule has 0 saturated carbocycles. The number of rotatable bonds is 8. The molecule has 0 fully saturated rings. The van der Waals surface area contributed by atoms with Gasteiger partial charge in [-0.3, -0.25) is 9.52 Å². The third-order valence-electron chi connectivity index (χ3n) is 4.47. The Bertz CT molecular complexity index is 1080. The largest absolute Gasteiger partial charge is 0.350 e. The molecule has 2 N–H and O–H groups in total. The van der Waals surface area contributed by atoms with E-state index in [1.807, 2.05) is 36.5 Å². The van der Waals surface area contributed by atoms with Crippen LogP contribution in [0.2, 0.25) is 0 Å². The summed E-state index contributed by atoms with van der Waals surface area (Å²) in [5, 5.41) is 4.89.